The summed E-state index contributed by atoms with van der Waals surface area (Å²) in [6.07, 6.45) is -1.20. The van der Waals surface area contributed by atoms with Crippen molar-refractivity contribution in [3.8, 4) is 0 Å². The zero-order chi connectivity index (χ0) is 12.0. The van der Waals surface area contributed by atoms with Crippen molar-refractivity contribution in [1.82, 2.24) is 0 Å². The van der Waals surface area contributed by atoms with E-state index >= 15 is 0 Å². The fourth-order valence-corrected chi connectivity index (χ4v) is 1.53. The average Bonchev–Trinajstić information content (AvgIpc) is 2.35. The Morgan fingerprint density at radius 3 is 2.44 bits per heavy atom. The molecule has 1 aromatic carbocycles. The third-order valence-electron chi connectivity index (χ3n) is 2.40. The van der Waals surface area contributed by atoms with Gasteiger partial charge in [-0.25, -0.2) is 4.79 Å². The van der Waals surface area contributed by atoms with E-state index in [1.165, 1.54) is 14.2 Å². The third kappa shape index (κ3) is 3.05. The summed E-state index contributed by atoms with van der Waals surface area (Å²) in [4.78, 5) is 11.3. The Morgan fingerprint density at radius 1 is 1.31 bits per heavy atom. The molecule has 0 aliphatic heterocycles. The van der Waals surface area contributed by atoms with Crippen LogP contribution in [0.25, 0.3) is 0 Å². The Hall–Kier alpha value is -1.39. The van der Waals surface area contributed by atoms with E-state index in [0.29, 0.717) is 0 Å². The summed E-state index contributed by atoms with van der Waals surface area (Å²) in [5.41, 5.74) is 0.849. The predicted molar refractivity (Wildman–Crippen MR) is 59.1 cm³/mol. The molecule has 88 valence electrons. The second-order valence-corrected chi connectivity index (χ2v) is 3.44. The molecule has 4 heteroatoms. The summed E-state index contributed by atoms with van der Waals surface area (Å²) in [6, 6.07) is 9.26. The van der Waals surface area contributed by atoms with Gasteiger partial charge >= 0.3 is 5.97 Å². The first-order valence-corrected chi connectivity index (χ1v) is 5.00. The number of aliphatic hydroxyl groups is 1. The quantitative estimate of drug-likeness (QED) is 0.756. The molecule has 2 atom stereocenters. The number of hydrogen-bond acceptors (Lipinski definition) is 4. The Bertz CT molecular complexity index is 323. The lowest BCUT2D eigenvalue weighted by Crippen LogP contribution is -2.31. The van der Waals surface area contributed by atoms with E-state index in [4.69, 9.17) is 4.74 Å². The second-order valence-electron chi connectivity index (χ2n) is 3.44. The van der Waals surface area contributed by atoms with Gasteiger partial charge in [0.05, 0.1) is 13.7 Å². The van der Waals surface area contributed by atoms with Crippen LogP contribution in [0.15, 0.2) is 30.3 Å². The van der Waals surface area contributed by atoms with Crippen LogP contribution in [0.3, 0.4) is 0 Å². The zero-order valence-electron chi connectivity index (χ0n) is 9.42. The van der Waals surface area contributed by atoms with E-state index in [0.717, 1.165) is 5.56 Å². The van der Waals surface area contributed by atoms with Crippen molar-refractivity contribution in [2.45, 2.75) is 12.0 Å². The number of hydrogen-bond donors (Lipinski definition) is 1. The van der Waals surface area contributed by atoms with E-state index in [1.807, 2.05) is 30.3 Å². The molecule has 0 saturated carbocycles. The van der Waals surface area contributed by atoms with E-state index in [1.54, 1.807) is 0 Å². The van der Waals surface area contributed by atoms with Gasteiger partial charge in [0.1, 0.15) is 0 Å². The van der Waals surface area contributed by atoms with Crippen molar-refractivity contribution >= 4 is 5.97 Å². The standard InChI is InChI=1S/C12H16O4/c1-15-8-10(11(13)12(14)16-2)9-6-4-3-5-7-9/h3-7,10-11,13H,8H2,1-2H3. The van der Waals surface area contributed by atoms with Crippen molar-refractivity contribution in [3.63, 3.8) is 0 Å². The summed E-state index contributed by atoms with van der Waals surface area (Å²) in [5, 5.41) is 9.81. The molecular weight excluding hydrogens is 208 g/mol. The van der Waals surface area contributed by atoms with Gasteiger partial charge in [-0.2, -0.15) is 0 Å². The summed E-state index contributed by atoms with van der Waals surface area (Å²) in [7, 11) is 2.78. The monoisotopic (exact) mass is 224 g/mol. The lowest BCUT2D eigenvalue weighted by atomic mass is 9.94. The van der Waals surface area contributed by atoms with E-state index < -0.39 is 18.0 Å². The molecule has 0 aromatic heterocycles. The molecule has 4 nitrogen and oxygen atoms in total. The van der Waals surface area contributed by atoms with Gasteiger partial charge in [-0.1, -0.05) is 30.3 Å². The van der Waals surface area contributed by atoms with Gasteiger partial charge in [0.2, 0.25) is 0 Å². The molecule has 0 saturated heterocycles. The van der Waals surface area contributed by atoms with Crippen LogP contribution in [0.1, 0.15) is 11.5 Å². The van der Waals surface area contributed by atoms with Crippen molar-refractivity contribution in [1.29, 1.82) is 0 Å². The number of aliphatic hydroxyl groups excluding tert-OH is 1. The Morgan fingerprint density at radius 2 is 1.94 bits per heavy atom. The highest BCUT2D eigenvalue weighted by atomic mass is 16.5. The third-order valence-corrected chi connectivity index (χ3v) is 2.40. The van der Waals surface area contributed by atoms with Crippen LogP contribution in [-0.4, -0.2) is 38.0 Å². The highest BCUT2D eigenvalue weighted by molar-refractivity contribution is 5.75. The molecule has 0 aliphatic rings. The molecule has 1 aromatic rings. The fraction of sp³-hybridized carbons (Fsp3) is 0.417. The van der Waals surface area contributed by atoms with Gasteiger partial charge in [-0.3, -0.25) is 0 Å². The molecule has 0 fully saturated rings. The lowest BCUT2D eigenvalue weighted by Gasteiger charge is -2.20. The van der Waals surface area contributed by atoms with Crippen molar-refractivity contribution < 1.29 is 19.4 Å². The first-order chi connectivity index (χ1) is 7.70. The minimum atomic E-state index is -1.20. The maximum absolute atomic E-state index is 11.3. The molecule has 0 heterocycles. The molecule has 2 unspecified atom stereocenters. The van der Waals surface area contributed by atoms with Crippen molar-refractivity contribution in [3.05, 3.63) is 35.9 Å². The van der Waals surface area contributed by atoms with Crippen LogP contribution in [0, 0.1) is 0 Å². The van der Waals surface area contributed by atoms with Gasteiger partial charge in [-0.15, -0.1) is 0 Å². The van der Waals surface area contributed by atoms with Crippen LogP contribution >= 0.6 is 0 Å². The molecule has 0 spiro atoms. The van der Waals surface area contributed by atoms with Crippen molar-refractivity contribution in [2.75, 3.05) is 20.8 Å². The largest absolute Gasteiger partial charge is 0.467 e. The summed E-state index contributed by atoms with van der Waals surface area (Å²) < 4.78 is 9.52. The van der Waals surface area contributed by atoms with Crippen molar-refractivity contribution in [2.24, 2.45) is 0 Å². The van der Waals surface area contributed by atoms with Crippen LogP contribution in [-0.2, 0) is 14.3 Å². The summed E-state index contributed by atoms with van der Waals surface area (Å²) in [5.74, 6) is -1.05. The maximum atomic E-state index is 11.3. The smallest absolute Gasteiger partial charge is 0.335 e. The lowest BCUT2D eigenvalue weighted by molar-refractivity contribution is -0.152. The number of ether oxygens (including phenoxy) is 2. The Kier molecular flexibility index (Phi) is 4.95. The number of benzene rings is 1. The number of methoxy groups -OCH3 is 2. The van der Waals surface area contributed by atoms with E-state index in [2.05, 4.69) is 4.74 Å². The predicted octanol–water partition coefficient (Wildman–Crippen LogP) is 0.951. The fourth-order valence-electron chi connectivity index (χ4n) is 1.53. The molecule has 1 rings (SSSR count). The normalized spacial score (nSPS) is 14.2. The van der Waals surface area contributed by atoms with Crippen LogP contribution in [0.4, 0.5) is 0 Å². The first kappa shape index (κ1) is 12.7. The number of carbonyl (C=O) groups excluding carboxylic acids is 1. The highest BCUT2D eigenvalue weighted by Crippen LogP contribution is 2.20. The molecule has 1 N–H and O–H groups in total. The molecule has 0 bridgehead atoms. The summed E-state index contributed by atoms with van der Waals surface area (Å²) >= 11 is 0. The van der Waals surface area contributed by atoms with Gasteiger partial charge < -0.3 is 14.6 Å². The molecule has 0 radical (unpaired) electrons. The molecule has 16 heavy (non-hydrogen) atoms. The first-order valence-electron chi connectivity index (χ1n) is 5.00. The van der Waals surface area contributed by atoms with E-state index in [9.17, 15) is 9.90 Å². The Balaban J connectivity index is 2.86. The van der Waals surface area contributed by atoms with Gasteiger partial charge in [0, 0.05) is 13.0 Å². The van der Waals surface area contributed by atoms with Gasteiger partial charge in [0.25, 0.3) is 0 Å². The number of esters is 1. The average molecular weight is 224 g/mol. The maximum Gasteiger partial charge on any atom is 0.335 e. The zero-order valence-corrected chi connectivity index (χ0v) is 9.42. The van der Waals surface area contributed by atoms with Crippen LogP contribution in [0.2, 0.25) is 0 Å². The number of rotatable bonds is 5. The Labute approximate surface area is 94.8 Å². The summed E-state index contributed by atoms with van der Waals surface area (Å²) in [6.45, 7) is 0.264. The minimum absolute atomic E-state index is 0.264. The number of carbonyl (C=O) groups is 1. The van der Waals surface area contributed by atoms with E-state index in [-0.39, 0.29) is 6.61 Å². The second kappa shape index (κ2) is 6.25. The van der Waals surface area contributed by atoms with Gasteiger partial charge in [0.15, 0.2) is 6.10 Å². The van der Waals surface area contributed by atoms with Crippen LogP contribution < -0.4 is 0 Å². The topological polar surface area (TPSA) is 55.8 Å². The SMILES string of the molecule is COCC(c1ccccc1)C(O)C(=O)OC. The van der Waals surface area contributed by atoms with Gasteiger partial charge in [-0.05, 0) is 5.56 Å². The molecular formula is C12H16O4. The molecule has 0 aliphatic carbocycles. The van der Waals surface area contributed by atoms with Crippen LogP contribution in [0.5, 0.6) is 0 Å². The highest BCUT2D eigenvalue weighted by Gasteiger charge is 2.28. The minimum Gasteiger partial charge on any atom is -0.467 e. The molecule has 0 amide bonds.